The van der Waals surface area contributed by atoms with Crippen molar-refractivity contribution in [3.05, 3.63) is 65.9 Å². The number of benzene rings is 2. The molecule has 3 heterocycles. The van der Waals surface area contributed by atoms with Gasteiger partial charge in [0.05, 0.1) is 41.6 Å². The van der Waals surface area contributed by atoms with Crippen molar-refractivity contribution in [3.63, 3.8) is 0 Å². The van der Waals surface area contributed by atoms with Crippen LogP contribution in [0.1, 0.15) is 24.0 Å². The molecule has 12 heteroatoms. The molecule has 0 atom stereocenters. The first-order valence-corrected chi connectivity index (χ1v) is 14.7. The molecule has 2 aromatic heterocycles. The van der Waals surface area contributed by atoms with Crippen LogP contribution >= 0.6 is 0 Å². The van der Waals surface area contributed by atoms with Gasteiger partial charge >= 0.3 is 0 Å². The van der Waals surface area contributed by atoms with Gasteiger partial charge in [0.15, 0.2) is 0 Å². The summed E-state index contributed by atoms with van der Waals surface area (Å²) in [6.45, 7) is 1.73. The predicted molar refractivity (Wildman–Crippen MR) is 151 cm³/mol. The van der Waals surface area contributed by atoms with Crippen LogP contribution in [-0.4, -0.2) is 66.6 Å². The van der Waals surface area contributed by atoms with Gasteiger partial charge in [-0.05, 0) is 73.2 Å². The molecule has 0 radical (unpaired) electrons. The van der Waals surface area contributed by atoms with E-state index in [2.05, 4.69) is 19.9 Å². The molecule has 0 spiro atoms. The number of ether oxygens (including phenoxy) is 1. The number of fused-ring (bicyclic) bond motifs is 2. The van der Waals surface area contributed by atoms with Crippen molar-refractivity contribution in [2.24, 2.45) is 5.73 Å². The zero-order valence-corrected chi connectivity index (χ0v) is 22.9. The highest BCUT2D eigenvalue weighted by Gasteiger charge is 2.28. The van der Waals surface area contributed by atoms with Crippen LogP contribution in [0.4, 0.5) is 11.6 Å². The van der Waals surface area contributed by atoms with Crippen molar-refractivity contribution in [2.45, 2.75) is 36.6 Å². The van der Waals surface area contributed by atoms with Gasteiger partial charge in [-0.25, -0.2) is 22.6 Å². The number of primary amides is 1. The molecule has 2 aliphatic rings. The normalized spacial score (nSPS) is 15.9. The molecule has 1 saturated carbocycles. The second-order valence-corrected chi connectivity index (χ2v) is 12.0. The lowest BCUT2D eigenvalue weighted by molar-refractivity contribution is -0.119. The Morgan fingerprint density at radius 2 is 1.88 bits per heavy atom. The fourth-order valence-corrected chi connectivity index (χ4v) is 6.41. The van der Waals surface area contributed by atoms with Crippen LogP contribution in [-0.2, 0) is 27.7 Å². The third-order valence-electron chi connectivity index (χ3n) is 7.28. The second-order valence-electron chi connectivity index (χ2n) is 10.2. The third-order valence-corrected chi connectivity index (χ3v) is 8.80. The van der Waals surface area contributed by atoms with E-state index in [4.69, 9.17) is 15.6 Å². The smallest absolute Gasteiger partial charge is 0.245 e. The topological polar surface area (TPSA) is 144 Å². The quantitative estimate of drug-likeness (QED) is 0.283. The minimum atomic E-state index is -3.58. The number of carbonyl (C=O) groups excluding carboxylic acids is 1. The van der Waals surface area contributed by atoms with E-state index in [0.717, 1.165) is 66.8 Å². The highest BCUT2D eigenvalue weighted by atomic mass is 32.2. The number of sulfonamides is 1. The summed E-state index contributed by atoms with van der Waals surface area (Å²) in [5.74, 6) is 0.706. The Balaban J connectivity index is 1.29. The fraction of sp³-hybridized carbons (Fsp3) is 0.321. The van der Waals surface area contributed by atoms with Gasteiger partial charge in [-0.1, -0.05) is 12.1 Å². The number of carbonyl (C=O) groups is 1. The first kappa shape index (κ1) is 26.2. The molecule has 0 saturated heterocycles. The summed E-state index contributed by atoms with van der Waals surface area (Å²) in [7, 11) is -1.96. The summed E-state index contributed by atoms with van der Waals surface area (Å²) in [6, 6.07) is 14.8. The summed E-state index contributed by atoms with van der Waals surface area (Å²) in [6.07, 6.45) is 5.03. The lowest BCUT2D eigenvalue weighted by Gasteiger charge is -2.16. The van der Waals surface area contributed by atoms with Crippen molar-refractivity contribution >= 4 is 33.1 Å². The van der Waals surface area contributed by atoms with Crippen LogP contribution < -0.4 is 20.5 Å². The number of methoxy groups -OCH3 is 1. The van der Waals surface area contributed by atoms with E-state index < -0.39 is 10.0 Å². The SMILES string of the molecule is COc1cc2c(cc1Nc1ncc3ccc(-c4cccc(S(=O)(=O)NC5CC5)c4)n3n1)CCN(CC(N)=O)CC2. The maximum absolute atomic E-state index is 12.8. The monoisotopic (exact) mass is 561 g/mol. The highest BCUT2D eigenvalue weighted by Crippen LogP contribution is 2.33. The van der Waals surface area contributed by atoms with Crippen molar-refractivity contribution in [3.8, 4) is 17.0 Å². The van der Waals surface area contributed by atoms with Gasteiger partial charge in [-0.15, -0.1) is 5.10 Å². The molecular formula is C28H31N7O4S. The number of nitrogens with one attached hydrogen (secondary N) is 2. The van der Waals surface area contributed by atoms with Crippen LogP contribution in [0.15, 0.2) is 59.6 Å². The summed E-state index contributed by atoms with van der Waals surface area (Å²) in [5.41, 5.74) is 10.7. The summed E-state index contributed by atoms with van der Waals surface area (Å²) in [4.78, 5) is 18.2. The Bertz CT molecular complexity index is 1700. The number of aromatic nitrogens is 3. The Labute approximate surface area is 232 Å². The van der Waals surface area contributed by atoms with Gasteiger partial charge < -0.3 is 15.8 Å². The van der Waals surface area contributed by atoms with Gasteiger partial charge in [0.1, 0.15) is 5.75 Å². The number of anilines is 2. The second kappa shape index (κ2) is 10.5. The van der Waals surface area contributed by atoms with E-state index in [1.165, 1.54) is 5.56 Å². The van der Waals surface area contributed by atoms with E-state index in [1.807, 2.05) is 30.3 Å². The number of hydrogen-bond acceptors (Lipinski definition) is 8. The van der Waals surface area contributed by atoms with Crippen molar-refractivity contribution in [1.82, 2.24) is 24.2 Å². The Morgan fingerprint density at radius 1 is 1.10 bits per heavy atom. The van der Waals surface area contributed by atoms with Gasteiger partial charge in [0, 0.05) is 24.7 Å². The number of amides is 1. The molecule has 4 N–H and O–H groups in total. The molecule has 1 fully saturated rings. The van der Waals surface area contributed by atoms with E-state index in [9.17, 15) is 13.2 Å². The van der Waals surface area contributed by atoms with Gasteiger partial charge in [-0.3, -0.25) is 9.69 Å². The molecule has 1 aliphatic heterocycles. The zero-order chi connectivity index (χ0) is 27.9. The lowest BCUT2D eigenvalue weighted by atomic mass is 10.0. The Hall–Kier alpha value is -4.00. The van der Waals surface area contributed by atoms with Gasteiger partial charge in [0.2, 0.25) is 21.9 Å². The molecule has 6 rings (SSSR count). The molecular weight excluding hydrogens is 530 g/mol. The van der Waals surface area contributed by atoms with Crippen LogP contribution in [0.2, 0.25) is 0 Å². The van der Waals surface area contributed by atoms with Crippen molar-refractivity contribution in [2.75, 3.05) is 32.1 Å². The number of hydrogen-bond donors (Lipinski definition) is 3. The maximum atomic E-state index is 12.8. The average Bonchev–Trinajstić information content (AvgIpc) is 3.68. The van der Waals surface area contributed by atoms with Crippen molar-refractivity contribution in [1.29, 1.82) is 0 Å². The summed E-state index contributed by atoms with van der Waals surface area (Å²) in [5, 5.41) is 8.02. The average molecular weight is 562 g/mol. The molecule has 40 heavy (non-hydrogen) atoms. The fourth-order valence-electron chi connectivity index (χ4n) is 5.06. The summed E-state index contributed by atoms with van der Waals surface area (Å²) >= 11 is 0. The Morgan fingerprint density at radius 3 is 2.60 bits per heavy atom. The first-order chi connectivity index (χ1) is 19.3. The number of nitrogens with two attached hydrogens (primary N) is 1. The molecule has 0 bridgehead atoms. The number of rotatable bonds is 9. The molecule has 208 valence electrons. The molecule has 1 aliphatic carbocycles. The highest BCUT2D eigenvalue weighted by molar-refractivity contribution is 7.89. The van der Waals surface area contributed by atoms with E-state index in [1.54, 1.807) is 36.0 Å². The van der Waals surface area contributed by atoms with E-state index in [0.29, 0.717) is 11.7 Å². The molecule has 4 aromatic rings. The summed E-state index contributed by atoms with van der Waals surface area (Å²) < 4.78 is 35.7. The lowest BCUT2D eigenvalue weighted by Crippen LogP contribution is -2.35. The third kappa shape index (κ3) is 5.51. The molecule has 2 aromatic carbocycles. The van der Waals surface area contributed by atoms with E-state index >= 15 is 0 Å². The standard InChI is InChI=1S/C28H31N7O4S/c1-39-26-15-19-10-12-34(17-27(29)36)11-9-18(19)14-24(26)31-28-30-16-22-7-8-25(35(22)32-28)20-3-2-4-23(13-20)40(37,38)33-21-5-6-21/h2-4,7-8,13-16,21,33H,5-6,9-12,17H2,1H3,(H2,29,36)(H,31,32). The van der Waals surface area contributed by atoms with Crippen LogP contribution in [0.5, 0.6) is 5.75 Å². The van der Waals surface area contributed by atoms with Crippen LogP contribution in [0.3, 0.4) is 0 Å². The van der Waals surface area contributed by atoms with Gasteiger partial charge in [-0.2, -0.15) is 0 Å². The van der Waals surface area contributed by atoms with Crippen LogP contribution in [0, 0.1) is 0 Å². The maximum Gasteiger partial charge on any atom is 0.245 e. The van der Waals surface area contributed by atoms with Gasteiger partial charge in [0.25, 0.3) is 0 Å². The minimum Gasteiger partial charge on any atom is -0.495 e. The van der Waals surface area contributed by atoms with E-state index in [-0.39, 0.29) is 23.4 Å². The van der Waals surface area contributed by atoms with Crippen molar-refractivity contribution < 1.29 is 17.9 Å². The molecule has 11 nitrogen and oxygen atoms in total. The van der Waals surface area contributed by atoms with Crippen LogP contribution in [0.25, 0.3) is 16.8 Å². The zero-order valence-electron chi connectivity index (χ0n) is 22.1. The predicted octanol–water partition coefficient (Wildman–Crippen LogP) is 2.48. The largest absolute Gasteiger partial charge is 0.495 e. The molecule has 1 amide bonds. The minimum absolute atomic E-state index is 0.0307. The number of nitrogens with zero attached hydrogens (tertiary/aromatic N) is 4. The molecule has 0 unspecified atom stereocenters. The Kier molecular flexibility index (Phi) is 6.90. The first-order valence-electron chi connectivity index (χ1n) is 13.2.